The molecule has 0 spiro atoms. The molecule has 0 saturated heterocycles. The maximum Gasteiger partial charge on any atom is 0.305 e. The number of nitrogen functional groups attached to an aromatic ring is 1. The molecule has 5 heteroatoms. The number of aromatic nitrogens is 1. The van der Waals surface area contributed by atoms with Crippen molar-refractivity contribution in [2.45, 2.75) is 13.0 Å². The SMILES string of the molecule is Nc1ccccc1N(CCC(=O)O)Cc1ccncc1. The topological polar surface area (TPSA) is 79.5 Å². The summed E-state index contributed by atoms with van der Waals surface area (Å²) in [5, 5.41) is 8.88. The van der Waals surface area contributed by atoms with Gasteiger partial charge >= 0.3 is 5.97 Å². The molecule has 0 radical (unpaired) electrons. The van der Waals surface area contributed by atoms with Crippen LogP contribution < -0.4 is 10.6 Å². The van der Waals surface area contributed by atoms with Crippen LogP contribution in [0.5, 0.6) is 0 Å². The highest BCUT2D eigenvalue weighted by Crippen LogP contribution is 2.24. The average Bonchev–Trinajstić information content (AvgIpc) is 2.45. The molecular formula is C15H17N3O2. The van der Waals surface area contributed by atoms with E-state index >= 15 is 0 Å². The first kappa shape index (κ1) is 13.9. The van der Waals surface area contributed by atoms with Crippen LogP contribution in [0, 0.1) is 0 Å². The van der Waals surface area contributed by atoms with Crippen molar-refractivity contribution < 1.29 is 9.90 Å². The average molecular weight is 271 g/mol. The third-order valence-corrected chi connectivity index (χ3v) is 3.00. The quantitative estimate of drug-likeness (QED) is 0.787. The second-order valence-electron chi connectivity index (χ2n) is 4.48. The van der Waals surface area contributed by atoms with Gasteiger partial charge in [-0.3, -0.25) is 9.78 Å². The predicted molar refractivity (Wildman–Crippen MR) is 78.4 cm³/mol. The van der Waals surface area contributed by atoms with Gasteiger partial charge in [-0.1, -0.05) is 12.1 Å². The second kappa shape index (κ2) is 6.56. The molecule has 0 unspecified atom stereocenters. The second-order valence-corrected chi connectivity index (χ2v) is 4.48. The Morgan fingerprint density at radius 2 is 1.90 bits per heavy atom. The van der Waals surface area contributed by atoms with Gasteiger partial charge in [0.05, 0.1) is 17.8 Å². The summed E-state index contributed by atoms with van der Waals surface area (Å²) in [4.78, 5) is 16.8. The number of carbonyl (C=O) groups is 1. The summed E-state index contributed by atoms with van der Waals surface area (Å²) < 4.78 is 0. The fraction of sp³-hybridized carbons (Fsp3) is 0.200. The van der Waals surface area contributed by atoms with Crippen molar-refractivity contribution in [1.29, 1.82) is 0 Å². The number of hydrogen-bond donors (Lipinski definition) is 2. The summed E-state index contributed by atoms with van der Waals surface area (Å²) in [6, 6.07) is 11.3. The third kappa shape index (κ3) is 3.71. The largest absolute Gasteiger partial charge is 0.481 e. The summed E-state index contributed by atoms with van der Waals surface area (Å²) >= 11 is 0. The number of carboxylic acids is 1. The van der Waals surface area contributed by atoms with Crippen molar-refractivity contribution in [3.8, 4) is 0 Å². The Balaban J connectivity index is 2.20. The zero-order valence-corrected chi connectivity index (χ0v) is 11.1. The van der Waals surface area contributed by atoms with E-state index in [0.717, 1.165) is 11.3 Å². The number of nitrogens with two attached hydrogens (primary N) is 1. The van der Waals surface area contributed by atoms with E-state index in [0.29, 0.717) is 18.8 Å². The number of rotatable bonds is 6. The lowest BCUT2D eigenvalue weighted by atomic mass is 10.2. The minimum atomic E-state index is -0.820. The fourth-order valence-corrected chi connectivity index (χ4v) is 2.00. The number of nitrogens with zero attached hydrogens (tertiary/aromatic N) is 2. The van der Waals surface area contributed by atoms with Gasteiger partial charge in [0, 0.05) is 25.5 Å². The highest BCUT2D eigenvalue weighted by molar-refractivity contribution is 5.70. The van der Waals surface area contributed by atoms with Gasteiger partial charge in [0.1, 0.15) is 0 Å². The first-order chi connectivity index (χ1) is 9.66. The van der Waals surface area contributed by atoms with E-state index in [2.05, 4.69) is 4.98 Å². The van der Waals surface area contributed by atoms with Crippen LogP contribution >= 0.6 is 0 Å². The Bertz CT molecular complexity index is 572. The van der Waals surface area contributed by atoms with E-state index < -0.39 is 5.97 Å². The van der Waals surface area contributed by atoms with Crippen LogP contribution in [0.3, 0.4) is 0 Å². The Labute approximate surface area is 117 Å². The van der Waals surface area contributed by atoms with Crippen molar-refractivity contribution in [2.75, 3.05) is 17.2 Å². The van der Waals surface area contributed by atoms with Crippen LogP contribution in [0.15, 0.2) is 48.8 Å². The van der Waals surface area contributed by atoms with Crippen LogP contribution in [0.25, 0.3) is 0 Å². The lowest BCUT2D eigenvalue weighted by Crippen LogP contribution is -2.26. The highest BCUT2D eigenvalue weighted by Gasteiger charge is 2.11. The van der Waals surface area contributed by atoms with Crippen LogP contribution in [-0.4, -0.2) is 22.6 Å². The third-order valence-electron chi connectivity index (χ3n) is 3.00. The molecule has 0 saturated carbocycles. The Kier molecular flexibility index (Phi) is 4.55. The minimum absolute atomic E-state index is 0.0689. The molecule has 0 aliphatic heterocycles. The summed E-state index contributed by atoms with van der Waals surface area (Å²) in [5.74, 6) is -0.820. The maximum absolute atomic E-state index is 10.8. The van der Waals surface area contributed by atoms with Gasteiger partial charge in [0.15, 0.2) is 0 Å². The van der Waals surface area contributed by atoms with E-state index in [1.807, 2.05) is 41.3 Å². The van der Waals surface area contributed by atoms with Crippen molar-refractivity contribution in [3.63, 3.8) is 0 Å². The molecule has 0 amide bonds. The first-order valence-electron chi connectivity index (χ1n) is 6.37. The monoisotopic (exact) mass is 271 g/mol. The van der Waals surface area contributed by atoms with E-state index in [1.54, 1.807) is 12.4 Å². The molecule has 0 atom stereocenters. The first-order valence-corrected chi connectivity index (χ1v) is 6.37. The van der Waals surface area contributed by atoms with Gasteiger partial charge in [-0.2, -0.15) is 0 Å². The number of pyridine rings is 1. The molecule has 20 heavy (non-hydrogen) atoms. The molecule has 1 aromatic carbocycles. The number of anilines is 2. The molecule has 2 rings (SSSR count). The Morgan fingerprint density at radius 3 is 2.55 bits per heavy atom. The van der Waals surface area contributed by atoms with Crippen molar-refractivity contribution in [2.24, 2.45) is 0 Å². The molecule has 1 aromatic heterocycles. The van der Waals surface area contributed by atoms with E-state index in [1.165, 1.54) is 0 Å². The number of carboxylic acid groups (broad SMARTS) is 1. The number of benzene rings is 1. The Hall–Kier alpha value is -2.56. The smallest absolute Gasteiger partial charge is 0.305 e. The number of hydrogen-bond acceptors (Lipinski definition) is 4. The van der Waals surface area contributed by atoms with Crippen molar-refractivity contribution in [1.82, 2.24) is 4.98 Å². The highest BCUT2D eigenvalue weighted by atomic mass is 16.4. The lowest BCUT2D eigenvalue weighted by Gasteiger charge is -2.25. The van der Waals surface area contributed by atoms with Crippen LogP contribution in [0.2, 0.25) is 0 Å². The summed E-state index contributed by atoms with van der Waals surface area (Å²) in [6.45, 7) is 1.01. The lowest BCUT2D eigenvalue weighted by molar-refractivity contribution is -0.136. The molecule has 3 N–H and O–H groups in total. The number of aliphatic carboxylic acids is 1. The van der Waals surface area contributed by atoms with Gasteiger partial charge in [-0.25, -0.2) is 0 Å². The maximum atomic E-state index is 10.8. The molecule has 104 valence electrons. The van der Waals surface area contributed by atoms with E-state index in [9.17, 15) is 4.79 Å². The summed E-state index contributed by atoms with van der Waals surface area (Å²) in [7, 11) is 0. The molecular weight excluding hydrogens is 254 g/mol. The summed E-state index contributed by atoms with van der Waals surface area (Å²) in [6.07, 6.45) is 3.51. The van der Waals surface area contributed by atoms with E-state index in [4.69, 9.17) is 10.8 Å². The van der Waals surface area contributed by atoms with E-state index in [-0.39, 0.29) is 6.42 Å². The van der Waals surface area contributed by atoms with Crippen LogP contribution in [0.1, 0.15) is 12.0 Å². The van der Waals surface area contributed by atoms with Gasteiger partial charge in [-0.05, 0) is 29.8 Å². The minimum Gasteiger partial charge on any atom is -0.481 e. The predicted octanol–water partition coefficient (Wildman–Crippen LogP) is 2.15. The Morgan fingerprint density at radius 1 is 1.20 bits per heavy atom. The molecule has 0 aliphatic carbocycles. The molecule has 5 nitrogen and oxygen atoms in total. The van der Waals surface area contributed by atoms with Gasteiger partial charge < -0.3 is 15.7 Å². The van der Waals surface area contributed by atoms with Gasteiger partial charge in [-0.15, -0.1) is 0 Å². The van der Waals surface area contributed by atoms with Crippen LogP contribution in [-0.2, 0) is 11.3 Å². The fourth-order valence-electron chi connectivity index (χ4n) is 2.00. The normalized spacial score (nSPS) is 10.2. The molecule has 2 aromatic rings. The molecule has 0 bridgehead atoms. The van der Waals surface area contributed by atoms with Crippen molar-refractivity contribution >= 4 is 17.3 Å². The molecule has 1 heterocycles. The molecule has 0 fully saturated rings. The van der Waals surface area contributed by atoms with Crippen molar-refractivity contribution in [3.05, 3.63) is 54.4 Å². The van der Waals surface area contributed by atoms with Crippen LogP contribution in [0.4, 0.5) is 11.4 Å². The zero-order valence-electron chi connectivity index (χ0n) is 11.1. The summed E-state index contributed by atoms with van der Waals surface area (Å²) in [5.41, 5.74) is 8.54. The molecule has 0 aliphatic rings. The van der Waals surface area contributed by atoms with Gasteiger partial charge in [0.2, 0.25) is 0 Å². The zero-order chi connectivity index (χ0) is 14.4. The van der Waals surface area contributed by atoms with Gasteiger partial charge in [0.25, 0.3) is 0 Å². The standard InChI is InChI=1S/C15H17N3O2/c16-13-3-1-2-4-14(13)18(10-7-15(19)20)11-12-5-8-17-9-6-12/h1-6,8-9H,7,10-11,16H2,(H,19,20). The number of para-hydroxylation sites is 2.